The molecule has 0 amide bonds. The van der Waals surface area contributed by atoms with E-state index in [-0.39, 0.29) is 61.5 Å². The fraction of sp³-hybridized carbons (Fsp3) is 0.688. The summed E-state index contributed by atoms with van der Waals surface area (Å²) in [4.78, 5) is 54.4. The second kappa shape index (κ2) is 10.9. The number of carbonyl (C=O) groups is 4. The number of fused-ring (bicyclic) bond motifs is 5. The van der Waals surface area contributed by atoms with Gasteiger partial charge in [-0.3, -0.25) is 14.4 Å². The van der Waals surface area contributed by atoms with Gasteiger partial charge in [0.2, 0.25) is 11.6 Å². The van der Waals surface area contributed by atoms with Crippen LogP contribution in [0.25, 0.3) is 0 Å². The van der Waals surface area contributed by atoms with Crippen molar-refractivity contribution in [3.05, 3.63) is 35.9 Å². The largest absolute Gasteiger partial charge is 0.450 e. The second-order valence-electron chi connectivity index (χ2n) is 13.5. The van der Waals surface area contributed by atoms with Gasteiger partial charge in [0.1, 0.15) is 13.5 Å². The lowest BCUT2D eigenvalue weighted by molar-refractivity contribution is -0.196. The molecule has 2 bridgehead atoms. The first kappa shape index (κ1) is 29.9. The molecule has 1 aromatic rings. The first-order valence-corrected chi connectivity index (χ1v) is 14.8. The third kappa shape index (κ3) is 5.04. The molecule has 0 radical (unpaired) electrons. The molecule has 41 heavy (non-hydrogen) atoms. The molecule has 3 saturated carbocycles. The molecule has 4 fully saturated rings. The first-order valence-electron chi connectivity index (χ1n) is 14.8. The third-order valence-corrected chi connectivity index (χ3v) is 11.0. The van der Waals surface area contributed by atoms with E-state index in [9.17, 15) is 24.3 Å². The van der Waals surface area contributed by atoms with Gasteiger partial charge in [-0.1, -0.05) is 45.9 Å². The summed E-state index contributed by atoms with van der Waals surface area (Å²) in [7, 11) is 0. The molecule has 1 aliphatic heterocycles. The Hall–Kier alpha value is -2.62. The van der Waals surface area contributed by atoms with Crippen LogP contribution >= 0.6 is 0 Å². The van der Waals surface area contributed by atoms with E-state index in [0.29, 0.717) is 37.7 Å². The van der Waals surface area contributed by atoms with Gasteiger partial charge in [0.15, 0.2) is 0 Å². The lowest BCUT2D eigenvalue weighted by Gasteiger charge is -2.60. The number of ether oxygens (including phenoxy) is 3. The summed E-state index contributed by atoms with van der Waals surface area (Å²) in [5.74, 6) is -2.80. The molecule has 8 unspecified atom stereocenters. The standard InChI is InChI=1S/C32H43NO8/c1-19-11-14-32(38)15-22-25-23(33(17-40-20(2)34)18-41-29(37)21-9-7-6-8-10-21)16-39-24(25)12-13-31(22,5)28(36)27(35)26(19)30(32,3)4/h6-10,19,22-26,38H,11-18H2,1-5H3. The van der Waals surface area contributed by atoms with Crippen LogP contribution in [0.15, 0.2) is 30.3 Å². The zero-order chi connectivity index (χ0) is 29.7. The highest BCUT2D eigenvalue weighted by atomic mass is 16.6. The maximum Gasteiger partial charge on any atom is 0.339 e. The zero-order valence-electron chi connectivity index (χ0n) is 24.8. The van der Waals surface area contributed by atoms with E-state index >= 15 is 0 Å². The summed E-state index contributed by atoms with van der Waals surface area (Å²) in [6.45, 7) is 9.09. The molecule has 1 N–H and O–H groups in total. The van der Waals surface area contributed by atoms with Crippen LogP contribution < -0.4 is 0 Å². The number of hydrogen-bond donors (Lipinski definition) is 1. The molecule has 0 aromatic heterocycles. The number of ketones is 2. The normalized spacial score (nSPS) is 37.9. The van der Waals surface area contributed by atoms with Gasteiger partial charge in [-0.15, -0.1) is 0 Å². The van der Waals surface area contributed by atoms with E-state index in [4.69, 9.17) is 14.2 Å². The molecule has 9 nitrogen and oxygen atoms in total. The maximum atomic E-state index is 14.1. The Balaban J connectivity index is 1.49. The van der Waals surface area contributed by atoms with Crippen LogP contribution in [0.4, 0.5) is 0 Å². The van der Waals surface area contributed by atoms with E-state index < -0.39 is 34.3 Å². The summed E-state index contributed by atoms with van der Waals surface area (Å²) in [6.07, 6.45) is 2.50. The average molecular weight is 570 g/mol. The van der Waals surface area contributed by atoms with Crippen molar-refractivity contribution in [2.45, 2.75) is 84.5 Å². The number of rotatable bonds is 6. The van der Waals surface area contributed by atoms with Crippen LogP contribution in [0.2, 0.25) is 0 Å². The van der Waals surface area contributed by atoms with E-state index in [0.717, 1.165) is 0 Å². The fourth-order valence-electron chi connectivity index (χ4n) is 8.44. The van der Waals surface area contributed by atoms with Gasteiger partial charge in [0, 0.05) is 35.6 Å². The number of aliphatic hydroxyl groups is 1. The van der Waals surface area contributed by atoms with E-state index in [1.807, 2.05) is 33.8 Å². The molecular weight excluding hydrogens is 526 g/mol. The first-order chi connectivity index (χ1) is 19.3. The Morgan fingerprint density at radius 2 is 1.73 bits per heavy atom. The minimum absolute atomic E-state index is 0.0132. The van der Waals surface area contributed by atoms with Crippen molar-refractivity contribution in [3.8, 4) is 0 Å². The number of carbonyl (C=O) groups excluding carboxylic acids is 4. The third-order valence-electron chi connectivity index (χ3n) is 11.0. The smallest absolute Gasteiger partial charge is 0.339 e. The Kier molecular flexibility index (Phi) is 7.94. The van der Waals surface area contributed by atoms with Crippen molar-refractivity contribution < 1.29 is 38.5 Å². The van der Waals surface area contributed by atoms with Crippen molar-refractivity contribution in [1.29, 1.82) is 0 Å². The Morgan fingerprint density at radius 1 is 1.05 bits per heavy atom. The van der Waals surface area contributed by atoms with Crippen LogP contribution in [0.3, 0.4) is 0 Å². The van der Waals surface area contributed by atoms with Gasteiger partial charge < -0.3 is 19.3 Å². The molecule has 8 atom stereocenters. The number of benzene rings is 1. The molecule has 0 spiro atoms. The van der Waals surface area contributed by atoms with Gasteiger partial charge in [0.25, 0.3) is 0 Å². The number of Topliss-reactive ketones (excluding diaryl/α,β-unsaturated/α-hetero) is 2. The molecule has 1 aromatic carbocycles. The highest BCUT2D eigenvalue weighted by molar-refractivity contribution is 6.40. The van der Waals surface area contributed by atoms with Crippen LogP contribution in [0.5, 0.6) is 0 Å². The highest BCUT2D eigenvalue weighted by Gasteiger charge is 2.66. The molecule has 5 rings (SSSR count). The van der Waals surface area contributed by atoms with Crippen molar-refractivity contribution in [3.63, 3.8) is 0 Å². The Bertz CT molecular complexity index is 1200. The predicted octanol–water partition coefficient (Wildman–Crippen LogP) is 3.77. The lowest BCUT2D eigenvalue weighted by Crippen LogP contribution is -2.65. The van der Waals surface area contributed by atoms with Gasteiger partial charge in [-0.2, -0.15) is 0 Å². The van der Waals surface area contributed by atoms with Crippen molar-refractivity contribution in [2.75, 3.05) is 20.1 Å². The van der Waals surface area contributed by atoms with Gasteiger partial charge in [-0.05, 0) is 56.1 Å². The quantitative estimate of drug-likeness (QED) is 0.310. The molecule has 4 aliphatic rings. The molecule has 224 valence electrons. The monoisotopic (exact) mass is 569 g/mol. The summed E-state index contributed by atoms with van der Waals surface area (Å²) in [6, 6.07) is 8.28. The Morgan fingerprint density at radius 3 is 2.41 bits per heavy atom. The van der Waals surface area contributed by atoms with Crippen molar-refractivity contribution >= 4 is 23.5 Å². The van der Waals surface area contributed by atoms with Crippen LogP contribution in [-0.2, 0) is 28.6 Å². The molecule has 1 heterocycles. The summed E-state index contributed by atoms with van der Waals surface area (Å²) >= 11 is 0. The van der Waals surface area contributed by atoms with E-state index in [1.54, 1.807) is 29.2 Å². The maximum absolute atomic E-state index is 14.1. The van der Waals surface area contributed by atoms with Gasteiger partial charge in [-0.25, -0.2) is 9.69 Å². The topological polar surface area (TPSA) is 119 Å². The van der Waals surface area contributed by atoms with Crippen LogP contribution in [-0.4, -0.2) is 71.3 Å². The lowest BCUT2D eigenvalue weighted by atomic mass is 9.45. The summed E-state index contributed by atoms with van der Waals surface area (Å²) in [5, 5.41) is 12.3. The van der Waals surface area contributed by atoms with Crippen molar-refractivity contribution in [1.82, 2.24) is 4.90 Å². The highest BCUT2D eigenvalue weighted by Crippen LogP contribution is 2.61. The summed E-state index contributed by atoms with van der Waals surface area (Å²) in [5.41, 5.74) is -2.47. The molecule has 3 aliphatic carbocycles. The molecule has 1 saturated heterocycles. The van der Waals surface area contributed by atoms with E-state index in [1.165, 1.54) is 6.92 Å². The molecule has 9 heteroatoms. The van der Waals surface area contributed by atoms with Crippen LogP contribution in [0.1, 0.15) is 77.1 Å². The Labute approximate surface area is 241 Å². The van der Waals surface area contributed by atoms with E-state index in [2.05, 4.69) is 0 Å². The number of nitrogens with zero attached hydrogens (tertiary/aromatic N) is 1. The average Bonchev–Trinajstić information content (AvgIpc) is 3.36. The number of hydrogen-bond acceptors (Lipinski definition) is 9. The predicted molar refractivity (Wildman–Crippen MR) is 148 cm³/mol. The van der Waals surface area contributed by atoms with Gasteiger partial charge >= 0.3 is 11.9 Å². The number of esters is 2. The van der Waals surface area contributed by atoms with Crippen molar-refractivity contribution in [2.24, 2.45) is 34.5 Å². The minimum atomic E-state index is -1.14. The van der Waals surface area contributed by atoms with Crippen LogP contribution in [0, 0.1) is 34.5 Å². The summed E-state index contributed by atoms with van der Waals surface area (Å²) < 4.78 is 17.3. The van der Waals surface area contributed by atoms with Gasteiger partial charge in [0.05, 0.1) is 23.9 Å². The SMILES string of the molecule is CC(=O)OCN(COC(=O)c1ccccc1)C1COC2CCC3(C)C(=O)C(=O)C4C(C)CCC(O)(CC3C21)C4(C)C. The fourth-order valence-corrected chi connectivity index (χ4v) is 8.44. The molecular formula is C32H43NO8. The minimum Gasteiger partial charge on any atom is -0.450 e. The second-order valence-corrected chi connectivity index (χ2v) is 13.5. The zero-order valence-corrected chi connectivity index (χ0v) is 24.8.